The van der Waals surface area contributed by atoms with Gasteiger partial charge < -0.3 is 18.9 Å². The largest absolute Gasteiger partial charge is 0.465 e. The summed E-state index contributed by atoms with van der Waals surface area (Å²) >= 11 is 0. The Morgan fingerprint density at radius 1 is 1.17 bits per heavy atom. The van der Waals surface area contributed by atoms with E-state index in [9.17, 15) is 4.79 Å². The van der Waals surface area contributed by atoms with Crippen LogP contribution in [0, 0.1) is 0 Å². The maximum absolute atomic E-state index is 11.9. The molecule has 30 heavy (non-hydrogen) atoms. The fourth-order valence-electron chi connectivity index (χ4n) is 3.45. The Labute approximate surface area is 177 Å². The van der Waals surface area contributed by atoms with Crippen LogP contribution in [0.4, 0.5) is 5.82 Å². The van der Waals surface area contributed by atoms with Gasteiger partial charge in [0, 0.05) is 31.4 Å². The first-order chi connectivity index (χ1) is 14.5. The molecule has 160 valence electrons. The summed E-state index contributed by atoms with van der Waals surface area (Å²) in [5.41, 5.74) is 3.09. The van der Waals surface area contributed by atoms with Crippen molar-refractivity contribution in [3.05, 3.63) is 42.1 Å². The molecule has 3 rings (SSSR count). The number of carbonyl (C=O) groups excluding carboxylic acids is 1. The average Bonchev–Trinajstić information content (AvgIpc) is 3.12. The number of fused-ring (bicyclic) bond motifs is 1. The van der Waals surface area contributed by atoms with Crippen molar-refractivity contribution in [1.29, 1.82) is 0 Å². The van der Waals surface area contributed by atoms with Crippen molar-refractivity contribution in [2.24, 2.45) is 0 Å². The lowest BCUT2D eigenvalue weighted by atomic mass is 10.2. The number of carbonyl (C=O) groups is 1. The first-order valence-electron chi connectivity index (χ1n) is 10.4. The predicted molar refractivity (Wildman–Crippen MR) is 119 cm³/mol. The van der Waals surface area contributed by atoms with Crippen molar-refractivity contribution in [3.63, 3.8) is 0 Å². The highest BCUT2D eigenvalue weighted by Gasteiger charge is 2.16. The Hall–Kier alpha value is -2.93. The van der Waals surface area contributed by atoms with Gasteiger partial charge in [0.2, 0.25) is 0 Å². The monoisotopic (exact) mass is 410 g/mol. The summed E-state index contributed by atoms with van der Waals surface area (Å²) < 4.78 is 12.7. The number of imidazole rings is 1. The smallest absolute Gasteiger partial charge is 0.337 e. The van der Waals surface area contributed by atoms with Crippen LogP contribution in [0.5, 0.6) is 0 Å². The number of anilines is 1. The van der Waals surface area contributed by atoms with Gasteiger partial charge >= 0.3 is 5.97 Å². The average molecular weight is 411 g/mol. The molecule has 0 amide bonds. The lowest BCUT2D eigenvalue weighted by molar-refractivity contribution is 0.0600. The maximum Gasteiger partial charge on any atom is 0.337 e. The van der Waals surface area contributed by atoms with Gasteiger partial charge in [-0.1, -0.05) is 0 Å². The first kappa shape index (κ1) is 21.8. The highest BCUT2D eigenvalue weighted by atomic mass is 16.5. The molecule has 0 atom stereocenters. The standard InChI is InChI=1S/C23H30N4O3/c1-6-26(7-2)21-11-9-18(15-24-21)22-25-19-14-17(23(28)29-5)8-10-20(19)27(22)12-13-30-16(3)4/h8-11,14-16H,6-7,12-13H2,1-5H3. The zero-order chi connectivity index (χ0) is 21.7. The van der Waals surface area contributed by atoms with Crippen LogP contribution in [-0.2, 0) is 16.0 Å². The van der Waals surface area contributed by atoms with Gasteiger partial charge in [-0.2, -0.15) is 0 Å². The topological polar surface area (TPSA) is 69.5 Å². The molecule has 2 aromatic heterocycles. The molecule has 0 N–H and O–H groups in total. The Bertz CT molecular complexity index is 992. The van der Waals surface area contributed by atoms with E-state index in [1.807, 2.05) is 38.2 Å². The molecule has 0 fully saturated rings. The number of aromatic nitrogens is 3. The summed E-state index contributed by atoms with van der Waals surface area (Å²) in [4.78, 5) is 23.6. The molecule has 0 radical (unpaired) electrons. The second-order valence-electron chi connectivity index (χ2n) is 7.28. The van der Waals surface area contributed by atoms with Crippen molar-refractivity contribution < 1.29 is 14.3 Å². The van der Waals surface area contributed by atoms with Gasteiger partial charge in [-0.25, -0.2) is 14.8 Å². The number of esters is 1. The lowest BCUT2D eigenvalue weighted by Gasteiger charge is -2.19. The zero-order valence-corrected chi connectivity index (χ0v) is 18.4. The molecule has 3 aromatic rings. The van der Waals surface area contributed by atoms with E-state index in [0.717, 1.165) is 41.3 Å². The molecule has 0 aliphatic rings. The molecule has 0 spiro atoms. The summed E-state index contributed by atoms with van der Waals surface area (Å²) in [6.45, 7) is 11.3. The van der Waals surface area contributed by atoms with E-state index < -0.39 is 0 Å². The van der Waals surface area contributed by atoms with Crippen molar-refractivity contribution in [2.45, 2.75) is 40.3 Å². The van der Waals surface area contributed by atoms with Crippen molar-refractivity contribution in [3.8, 4) is 11.4 Å². The zero-order valence-electron chi connectivity index (χ0n) is 18.4. The SMILES string of the molecule is CCN(CC)c1ccc(-c2nc3cc(C(=O)OC)ccc3n2CCOC(C)C)cn1. The number of nitrogens with zero attached hydrogens (tertiary/aromatic N) is 4. The number of rotatable bonds is 9. The minimum Gasteiger partial charge on any atom is -0.465 e. The summed E-state index contributed by atoms with van der Waals surface area (Å²) in [6, 6.07) is 9.51. The number of methoxy groups -OCH3 is 1. The first-order valence-corrected chi connectivity index (χ1v) is 10.4. The van der Waals surface area contributed by atoms with E-state index in [-0.39, 0.29) is 12.1 Å². The highest BCUT2D eigenvalue weighted by Crippen LogP contribution is 2.26. The molecule has 0 aliphatic carbocycles. The third-order valence-electron chi connectivity index (χ3n) is 5.03. The Kier molecular flexibility index (Phi) is 7.05. The third kappa shape index (κ3) is 4.62. The lowest BCUT2D eigenvalue weighted by Crippen LogP contribution is -2.22. The molecule has 0 unspecified atom stereocenters. The number of hydrogen-bond donors (Lipinski definition) is 0. The van der Waals surface area contributed by atoms with E-state index in [1.54, 1.807) is 12.1 Å². The van der Waals surface area contributed by atoms with Gasteiger partial charge in [-0.15, -0.1) is 0 Å². The summed E-state index contributed by atoms with van der Waals surface area (Å²) in [5.74, 6) is 1.38. The fourth-order valence-corrected chi connectivity index (χ4v) is 3.45. The quantitative estimate of drug-likeness (QED) is 0.494. The van der Waals surface area contributed by atoms with E-state index in [1.165, 1.54) is 7.11 Å². The Morgan fingerprint density at radius 3 is 2.53 bits per heavy atom. The van der Waals surface area contributed by atoms with Crippen molar-refractivity contribution >= 4 is 22.8 Å². The van der Waals surface area contributed by atoms with Crippen LogP contribution in [-0.4, -0.2) is 53.4 Å². The van der Waals surface area contributed by atoms with Crippen LogP contribution in [0.3, 0.4) is 0 Å². The van der Waals surface area contributed by atoms with Gasteiger partial charge in [0.1, 0.15) is 11.6 Å². The van der Waals surface area contributed by atoms with Gasteiger partial charge in [0.05, 0.1) is 36.4 Å². The molecule has 0 saturated heterocycles. The van der Waals surface area contributed by atoms with Crippen molar-refractivity contribution in [1.82, 2.24) is 14.5 Å². The molecule has 0 aliphatic heterocycles. The van der Waals surface area contributed by atoms with Gasteiger partial charge in [0.25, 0.3) is 0 Å². The molecule has 7 heteroatoms. The van der Waals surface area contributed by atoms with E-state index >= 15 is 0 Å². The molecule has 0 saturated carbocycles. The summed E-state index contributed by atoms with van der Waals surface area (Å²) in [5, 5.41) is 0. The van der Waals surface area contributed by atoms with Crippen LogP contribution in [0.25, 0.3) is 22.4 Å². The van der Waals surface area contributed by atoms with E-state index in [0.29, 0.717) is 18.7 Å². The van der Waals surface area contributed by atoms with Crippen LogP contribution in [0.15, 0.2) is 36.5 Å². The minimum absolute atomic E-state index is 0.157. The molecular formula is C23H30N4O3. The third-order valence-corrected chi connectivity index (χ3v) is 5.03. The number of pyridine rings is 1. The van der Waals surface area contributed by atoms with Gasteiger partial charge in [0.15, 0.2) is 0 Å². The number of benzene rings is 1. The molecule has 7 nitrogen and oxygen atoms in total. The van der Waals surface area contributed by atoms with E-state index in [2.05, 4.69) is 28.3 Å². The van der Waals surface area contributed by atoms with Crippen LogP contribution in [0.2, 0.25) is 0 Å². The Morgan fingerprint density at radius 2 is 1.93 bits per heavy atom. The second-order valence-corrected chi connectivity index (χ2v) is 7.28. The summed E-state index contributed by atoms with van der Waals surface area (Å²) in [7, 11) is 1.38. The molecular weight excluding hydrogens is 380 g/mol. The predicted octanol–water partition coefficient (Wildman–Crippen LogP) is 4.16. The number of hydrogen-bond acceptors (Lipinski definition) is 6. The maximum atomic E-state index is 11.9. The van der Waals surface area contributed by atoms with Crippen LogP contribution < -0.4 is 4.90 Å². The summed E-state index contributed by atoms with van der Waals surface area (Å²) in [6.07, 6.45) is 2.01. The molecule has 0 bridgehead atoms. The van der Waals surface area contributed by atoms with Gasteiger partial charge in [-0.3, -0.25) is 0 Å². The molecule has 2 heterocycles. The minimum atomic E-state index is -0.374. The van der Waals surface area contributed by atoms with Crippen LogP contribution >= 0.6 is 0 Å². The second kappa shape index (κ2) is 9.71. The molecule has 1 aromatic carbocycles. The number of ether oxygens (including phenoxy) is 2. The highest BCUT2D eigenvalue weighted by molar-refractivity contribution is 5.94. The van der Waals surface area contributed by atoms with E-state index in [4.69, 9.17) is 14.5 Å². The fraction of sp³-hybridized carbons (Fsp3) is 0.435. The normalized spacial score (nSPS) is 11.3. The van der Waals surface area contributed by atoms with Gasteiger partial charge in [-0.05, 0) is 58.0 Å². The van der Waals surface area contributed by atoms with Crippen molar-refractivity contribution in [2.75, 3.05) is 31.7 Å². The Balaban J connectivity index is 2.03. The van der Waals surface area contributed by atoms with Crippen LogP contribution in [0.1, 0.15) is 38.1 Å².